The molecule has 0 aliphatic heterocycles. The average Bonchev–Trinajstić information content (AvgIpc) is 3.22. The maximum atomic E-state index is 12.6. The van der Waals surface area contributed by atoms with Crippen LogP contribution >= 0.6 is 0 Å². The van der Waals surface area contributed by atoms with Crippen molar-refractivity contribution in [2.45, 2.75) is 33.3 Å². The Morgan fingerprint density at radius 1 is 1.03 bits per heavy atom. The summed E-state index contributed by atoms with van der Waals surface area (Å²) in [5.41, 5.74) is 4.23. The summed E-state index contributed by atoms with van der Waals surface area (Å²) in [6.45, 7) is 8.31. The van der Waals surface area contributed by atoms with Gasteiger partial charge in [0, 0.05) is 48.7 Å². The number of hydrogen-bond acceptors (Lipinski definition) is 5. The van der Waals surface area contributed by atoms with Crippen molar-refractivity contribution in [3.8, 4) is 22.5 Å². The highest BCUT2D eigenvalue weighted by atomic mass is 16.3. The topological polar surface area (TPSA) is 79.5 Å². The van der Waals surface area contributed by atoms with Gasteiger partial charge in [-0.05, 0) is 55.7 Å². The van der Waals surface area contributed by atoms with Crippen LogP contribution in [-0.4, -0.2) is 39.5 Å². The van der Waals surface area contributed by atoms with E-state index in [2.05, 4.69) is 23.8 Å². The number of furan rings is 1. The maximum Gasteiger partial charge on any atom is 0.253 e. The molecule has 0 bridgehead atoms. The van der Waals surface area contributed by atoms with Gasteiger partial charge in [-0.2, -0.15) is 0 Å². The molecule has 0 unspecified atom stereocenters. The van der Waals surface area contributed by atoms with E-state index in [9.17, 15) is 9.90 Å². The zero-order valence-corrected chi connectivity index (χ0v) is 19.7. The highest BCUT2D eigenvalue weighted by Crippen LogP contribution is 2.34. The molecule has 6 nitrogen and oxygen atoms in total. The summed E-state index contributed by atoms with van der Waals surface area (Å²) in [5, 5.41) is 10.3. The summed E-state index contributed by atoms with van der Waals surface area (Å²) in [6, 6.07) is 15.0. The molecular formula is C27H29N3O3. The molecule has 0 fully saturated rings. The van der Waals surface area contributed by atoms with Crippen LogP contribution in [0.1, 0.15) is 43.7 Å². The average molecular weight is 444 g/mol. The Labute approximate surface area is 193 Å². The first kappa shape index (κ1) is 22.7. The molecule has 3 heterocycles. The first-order chi connectivity index (χ1) is 15.6. The second-order valence-electron chi connectivity index (χ2n) is 9.33. The molecule has 0 saturated heterocycles. The highest BCUT2D eigenvalue weighted by Gasteiger charge is 2.20. The minimum atomic E-state index is -1.04. The van der Waals surface area contributed by atoms with Crippen LogP contribution in [0.5, 0.6) is 0 Å². The number of aliphatic hydroxyl groups is 1. The van der Waals surface area contributed by atoms with Gasteiger partial charge < -0.3 is 14.4 Å². The minimum Gasteiger partial charge on any atom is -0.454 e. The molecule has 4 aromatic rings. The molecule has 0 radical (unpaired) electrons. The standard InChI is InChI=1S/C27H29N3O3/c1-17(2)16-30(5)26(31)19-8-6-18(7-9-19)23-15-22-25(33-23)21(11-13-28-22)20-10-12-29-24(14-20)27(3,4)32/h6-15,17,32H,16H2,1-5H3. The highest BCUT2D eigenvalue weighted by molar-refractivity contribution is 5.95. The van der Waals surface area contributed by atoms with Crippen LogP contribution in [0.2, 0.25) is 0 Å². The molecule has 0 aliphatic rings. The lowest BCUT2D eigenvalue weighted by atomic mass is 10.00. The Bertz CT molecular complexity index is 1280. The monoisotopic (exact) mass is 443 g/mol. The van der Waals surface area contributed by atoms with Gasteiger partial charge in [0.1, 0.15) is 16.9 Å². The number of carbonyl (C=O) groups is 1. The predicted octanol–water partition coefficient (Wildman–Crippen LogP) is 5.51. The first-order valence-corrected chi connectivity index (χ1v) is 11.1. The molecule has 6 heteroatoms. The van der Waals surface area contributed by atoms with Crippen LogP contribution in [0.25, 0.3) is 33.6 Å². The summed E-state index contributed by atoms with van der Waals surface area (Å²) >= 11 is 0. The van der Waals surface area contributed by atoms with Gasteiger partial charge >= 0.3 is 0 Å². The number of aromatic nitrogens is 2. The Kier molecular flexibility index (Phi) is 6.04. The van der Waals surface area contributed by atoms with Crippen LogP contribution < -0.4 is 0 Å². The van der Waals surface area contributed by atoms with E-state index < -0.39 is 5.60 Å². The number of carbonyl (C=O) groups excluding carboxylic acids is 1. The molecule has 0 atom stereocenters. The zero-order valence-electron chi connectivity index (χ0n) is 19.7. The van der Waals surface area contributed by atoms with Crippen LogP contribution in [0.4, 0.5) is 0 Å². The van der Waals surface area contributed by atoms with Crippen molar-refractivity contribution >= 4 is 17.0 Å². The Balaban J connectivity index is 1.67. The maximum absolute atomic E-state index is 12.6. The van der Waals surface area contributed by atoms with Crippen LogP contribution in [0.3, 0.4) is 0 Å². The van der Waals surface area contributed by atoms with E-state index in [-0.39, 0.29) is 5.91 Å². The summed E-state index contributed by atoms with van der Waals surface area (Å²) in [4.78, 5) is 23.1. The third-order valence-electron chi connectivity index (χ3n) is 5.51. The summed E-state index contributed by atoms with van der Waals surface area (Å²) in [6.07, 6.45) is 3.43. The first-order valence-electron chi connectivity index (χ1n) is 11.1. The van der Waals surface area contributed by atoms with Crippen molar-refractivity contribution in [3.63, 3.8) is 0 Å². The fourth-order valence-electron chi connectivity index (χ4n) is 3.87. The van der Waals surface area contributed by atoms with E-state index in [1.807, 2.05) is 55.6 Å². The number of amides is 1. The minimum absolute atomic E-state index is 0.00380. The van der Waals surface area contributed by atoms with Gasteiger partial charge in [-0.15, -0.1) is 0 Å². The van der Waals surface area contributed by atoms with E-state index in [4.69, 9.17) is 4.42 Å². The van der Waals surface area contributed by atoms with Crippen molar-refractivity contribution in [1.29, 1.82) is 0 Å². The Morgan fingerprint density at radius 3 is 2.39 bits per heavy atom. The van der Waals surface area contributed by atoms with Gasteiger partial charge in [0.15, 0.2) is 5.58 Å². The lowest BCUT2D eigenvalue weighted by Gasteiger charge is -2.19. The molecule has 33 heavy (non-hydrogen) atoms. The number of fused-ring (bicyclic) bond motifs is 1. The van der Waals surface area contributed by atoms with Crippen molar-refractivity contribution < 1.29 is 14.3 Å². The number of benzene rings is 1. The van der Waals surface area contributed by atoms with Gasteiger partial charge in [0.25, 0.3) is 5.91 Å². The second kappa shape index (κ2) is 8.79. The molecule has 0 spiro atoms. The van der Waals surface area contributed by atoms with E-state index in [0.29, 0.717) is 35.1 Å². The number of pyridine rings is 2. The lowest BCUT2D eigenvalue weighted by Crippen LogP contribution is -2.30. The summed E-state index contributed by atoms with van der Waals surface area (Å²) in [7, 11) is 1.82. The normalized spacial score (nSPS) is 11.8. The van der Waals surface area contributed by atoms with Gasteiger partial charge in [0.05, 0.1) is 5.69 Å². The SMILES string of the molecule is CC(C)CN(C)C(=O)c1ccc(-c2cc3nccc(-c4ccnc(C(C)(C)O)c4)c3o2)cc1. The molecule has 3 aromatic heterocycles. The second-order valence-corrected chi connectivity index (χ2v) is 9.33. The molecule has 1 amide bonds. The summed E-state index contributed by atoms with van der Waals surface area (Å²) < 4.78 is 6.22. The van der Waals surface area contributed by atoms with Crippen LogP contribution in [0, 0.1) is 5.92 Å². The quantitative estimate of drug-likeness (QED) is 0.425. The van der Waals surface area contributed by atoms with Crippen molar-refractivity contribution in [3.05, 3.63) is 72.2 Å². The Morgan fingerprint density at radius 2 is 1.73 bits per heavy atom. The van der Waals surface area contributed by atoms with E-state index in [0.717, 1.165) is 22.2 Å². The molecule has 170 valence electrons. The van der Waals surface area contributed by atoms with Gasteiger partial charge in [-0.25, -0.2) is 0 Å². The fraction of sp³-hybridized carbons (Fsp3) is 0.296. The van der Waals surface area contributed by atoms with E-state index >= 15 is 0 Å². The molecule has 4 rings (SSSR count). The van der Waals surface area contributed by atoms with E-state index in [1.165, 1.54) is 0 Å². The van der Waals surface area contributed by atoms with E-state index in [1.54, 1.807) is 31.1 Å². The van der Waals surface area contributed by atoms with Gasteiger partial charge in [0.2, 0.25) is 0 Å². The fourth-order valence-corrected chi connectivity index (χ4v) is 3.87. The third kappa shape index (κ3) is 4.81. The molecule has 1 aromatic carbocycles. The van der Waals surface area contributed by atoms with Crippen molar-refractivity contribution in [2.75, 3.05) is 13.6 Å². The third-order valence-corrected chi connectivity index (χ3v) is 5.51. The van der Waals surface area contributed by atoms with Crippen molar-refractivity contribution in [1.82, 2.24) is 14.9 Å². The largest absolute Gasteiger partial charge is 0.454 e. The number of rotatable bonds is 6. The molecular weight excluding hydrogens is 414 g/mol. The zero-order chi connectivity index (χ0) is 23.8. The van der Waals surface area contributed by atoms with Gasteiger partial charge in [-0.3, -0.25) is 14.8 Å². The molecule has 1 N–H and O–H groups in total. The number of hydrogen-bond donors (Lipinski definition) is 1. The van der Waals surface area contributed by atoms with Crippen LogP contribution in [-0.2, 0) is 5.60 Å². The van der Waals surface area contributed by atoms with Gasteiger partial charge in [-0.1, -0.05) is 26.0 Å². The molecule has 0 saturated carbocycles. The lowest BCUT2D eigenvalue weighted by molar-refractivity contribution is 0.0738. The van der Waals surface area contributed by atoms with Crippen LogP contribution in [0.15, 0.2) is 65.3 Å². The Hall–Kier alpha value is -3.51. The summed E-state index contributed by atoms with van der Waals surface area (Å²) in [5.74, 6) is 1.09. The predicted molar refractivity (Wildman–Crippen MR) is 130 cm³/mol. The number of nitrogens with zero attached hydrogens (tertiary/aromatic N) is 3. The molecule has 0 aliphatic carbocycles. The van der Waals surface area contributed by atoms with Crippen molar-refractivity contribution in [2.24, 2.45) is 5.92 Å². The smallest absolute Gasteiger partial charge is 0.253 e.